The monoisotopic (exact) mass is 308 g/mol. The Hall–Kier alpha value is -1.84. The van der Waals surface area contributed by atoms with Gasteiger partial charge >= 0.3 is 11.9 Å². The summed E-state index contributed by atoms with van der Waals surface area (Å²) in [4.78, 5) is 11.8. The molecule has 0 radical (unpaired) electrons. The zero-order valence-electron chi connectivity index (χ0n) is 11.3. The van der Waals surface area contributed by atoms with E-state index >= 15 is 0 Å². The van der Waals surface area contributed by atoms with Crippen molar-refractivity contribution in [2.75, 3.05) is 18.0 Å². The van der Waals surface area contributed by atoms with Crippen molar-refractivity contribution < 1.29 is 23.2 Å². The fourth-order valence-corrected chi connectivity index (χ4v) is 2.53. The first-order valence-electron chi connectivity index (χ1n) is 6.36. The van der Waals surface area contributed by atoms with Gasteiger partial charge in [-0.1, -0.05) is 0 Å². The Balaban J connectivity index is 2.25. The molecule has 0 bridgehead atoms. The standard InChI is InChI=1S/C11H15F3N4O3/c1-16-9(8(7-15-16)18(20)21)17-5-2-3-10(19,4-6-17)11(12,13)14/h7,19H,2-6H2,1H3/t10-/m1/s1. The quantitative estimate of drug-likeness (QED) is 0.663. The van der Waals surface area contributed by atoms with Crippen LogP contribution in [0.1, 0.15) is 19.3 Å². The molecule has 1 saturated heterocycles. The Kier molecular flexibility index (Phi) is 3.83. The van der Waals surface area contributed by atoms with Gasteiger partial charge in [-0.2, -0.15) is 18.3 Å². The number of hydrogen-bond acceptors (Lipinski definition) is 5. The van der Waals surface area contributed by atoms with E-state index in [2.05, 4.69) is 5.10 Å². The zero-order chi connectivity index (χ0) is 15.8. The van der Waals surface area contributed by atoms with Crippen molar-refractivity contribution in [3.8, 4) is 0 Å². The van der Waals surface area contributed by atoms with Crippen molar-refractivity contribution in [2.24, 2.45) is 7.05 Å². The molecular formula is C11H15F3N4O3. The van der Waals surface area contributed by atoms with Crippen LogP contribution in [-0.2, 0) is 7.05 Å². The molecule has 0 saturated carbocycles. The molecule has 2 heterocycles. The molecule has 10 heteroatoms. The van der Waals surface area contributed by atoms with Gasteiger partial charge in [0.15, 0.2) is 5.60 Å². The fraction of sp³-hybridized carbons (Fsp3) is 0.727. The van der Waals surface area contributed by atoms with Crippen LogP contribution in [0.2, 0.25) is 0 Å². The fourth-order valence-electron chi connectivity index (χ4n) is 2.53. The van der Waals surface area contributed by atoms with E-state index in [0.717, 1.165) is 6.20 Å². The van der Waals surface area contributed by atoms with Crippen LogP contribution in [-0.4, -0.2) is 44.7 Å². The summed E-state index contributed by atoms with van der Waals surface area (Å²) in [7, 11) is 1.49. The molecule has 0 unspecified atom stereocenters. The molecule has 0 aliphatic carbocycles. The Labute approximate surface area is 118 Å². The normalized spacial score (nSPS) is 24.0. The highest BCUT2D eigenvalue weighted by molar-refractivity contribution is 5.57. The van der Waals surface area contributed by atoms with E-state index in [0.29, 0.717) is 0 Å². The van der Waals surface area contributed by atoms with E-state index in [1.54, 1.807) is 0 Å². The summed E-state index contributed by atoms with van der Waals surface area (Å²) in [5.74, 6) is 0.159. The predicted molar refractivity (Wildman–Crippen MR) is 66.9 cm³/mol. The summed E-state index contributed by atoms with van der Waals surface area (Å²) in [6.45, 7) is 0.0646. The first-order valence-corrected chi connectivity index (χ1v) is 6.36. The minimum atomic E-state index is -4.71. The van der Waals surface area contributed by atoms with Crippen molar-refractivity contribution >= 4 is 11.5 Å². The van der Waals surface area contributed by atoms with E-state index in [-0.39, 0.29) is 31.0 Å². The Morgan fingerprint density at radius 2 is 2.10 bits per heavy atom. The van der Waals surface area contributed by atoms with Gasteiger partial charge in [-0.15, -0.1) is 0 Å². The molecule has 118 valence electrons. The van der Waals surface area contributed by atoms with Gasteiger partial charge in [0.2, 0.25) is 5.82 Å². The second-order valence-corrected chi connectivity index (χ2v) is 5.10. The van der Waals surface area contributed by atoms with Gasteiger partial charge < -0.3 is 10.0 Å². The smallest absolute Gasteiger partial charge is 0.380 e. The van der Waals surface area contributed by atoms with Gasteiger partial charge in [0, 0.05) is 26.6 Å². The van der Waals surface area contributed by atoms with Gasteiger partial charge in [-0.05, 0) is 12.8 Å². The Morgan fingerprint density at radius 1 is 1.43 bits per heavy atom. The summed E-state index contributed by atoms with van der Waals surface area (Å²) < 4.78 is 39.9. The second kappa shape index (κ2) is 5.17. The zero-order valence-corrected chi connectivity index (χ0v) is 11.3. The van der Waals surface area contributed by atoms with E-state index in [4.69, 9.17) is 0 Å². The van der Waals surface area contributed by atoms with Gasteiger partial charge in [0.1, 0.15) is 6.20 Å². The largest absolute Gasteiger partial charge is 0.417 e. The maximum atomic E-state index is 12.9. The molecule has 1 atom stereocenters. The van der Waals surface area contributed by atoms with Gasteiger partial charge in [-0.25, -0.2) is 4.68 Å². The summed E-state index contributed by atoms with van der Waals surface area (Å²) in [6, 6.07) is 0. The van der Waals surface area contributed by atoms with E-state index in [9.17, 15) is 28.4 Å². The minimum absolute atomic E-state index is 0.0817. The van der Waals surface area contributed by atoms with Gasteiger partial charge in [0.25, 0.3) is 0 Å². The highest BCUT2D eigenvalue weighted by Crippen LogP contribution is 2.39. The number of aliphatic hydroxyl groups is 1. The van der Waals surface area contributed by atoms with Crippen LogP contribution in [0.25, 0.3) is 0 Å². The van der Waals surface area contributed by atoms with Crippen LogP contribution in [0, 0.1) is 10.1 Å². The maximum Gasteiger partial charge on any atom is 0.417 e. The summed E-state index contributed by atoms with van der Waals surface area (Å²) in [5.41, 5.74) is -3.00. The van der Waals surface area contributed by atoms with E-state index in [1.165, 1.54) is 16.6 Å². The SMILES string of the molecule is Cn1ncc([N+](=O)[O-])c1N1CCC[C@](O)(C(F)(F)F)CC1. The number of anilines is 1. The van der Waals surface area contributed by atoms with E-state index < -0.39 is 29.5 Å². The van der Waals surface area contributed by atoms with Gasteiger partial charge in [0.05, 0.1) is 4.92 Å². The van der Waals surface area contributed by atoms with Crippen LogP contribution >= 0.6 is 0 Å². The second-order valence-electron chi connectivity index (χ2n) is 5.10. The van der Waals surface area contributed by atoms with Crippen molar-refractivity contribution in [1.82, 2.24) is 9.78 Å². The third kappa shape index (κ3) is 2.80. The number of hydrogen-bond donors (Lipinski definition) is 1. The molecule has 1 aliphatic rings. The molecule has 0 spiro atoms. The van der Waals surface area contributed by atoms with Crippen LogP contribution < -0.4 is 4.90 Å². The molecule has 1 aliphatic heterocycles. The first kappa shape index (κ1) is 15.5. The Bertz CT molecular complexity index is 545. The molecule has 0 aromatic carbocycles. The molecule has 1 aromatic heterocycles. The van der Waals surface area contributed by atoms with Crippen LogP contribution in [0.3, 0.4) is 0 Å². The lowest BCUT2D eigenvalue weighted by atomic mass is 9.94. The minimum Gasteiger partial charge on any atom is -0.380 e. The Morgan fingerprint density at radius 3 is 2.67 bits per heavy atom. The summed E-state index contributed by atoms with van der Waals surface area (Å²) in [6.07, 6.45) is -4.51. The molecule has 1 N–H and O–H groups in total. The molecule has 0 amide bonds. The number of alkyl halides is 3. The lowest BCUT2D eigenvalue weighted by molar-refractivity contribution is -0.384. The molecule has 7 nitrogen and oxygen atoms in total. The molecular weight excluding hydrogens is 293 g/mol. The topological polar surface area (TPSA) is 84.4 Å². The van der Waals surface area contributed by atoms with Crippen LogP contribution in [0.5, 0.6) is 0 Å². The van der Waals surface area contributed by atoms with Gasteiger partial charge in [-0.3, -0.25) is 10.1 Å². The predicted octanol–water partition coefficient (Wildman–Crippen LogP) is 1.61. The summed E-state index contributed by atoms with van der Waals surface area (Å²) >= 11 is 0. The maximum absolute atomic E-state index is 12.9. The molecule has 1 fully saturated rings. The first-order chi connectivity index (χ1) is 9.66. The van der Waals surface area contributed by atoms with Crippen LogP contribution in [0.4, 0.5) is 24.7 Å². The van der Waals surface area contributed by atoms with Crippen LogP contribution in [0.15, 0.2) is 6.20 Å². The number of nitrogens with zero attached hydrogens (tertiary/aromatic N) is 4. The molecule has 21 heavy (non-hydrogen) atoms. The van der Waals surface area contributed by atoms with Crippen molar-refractivity contribution in [2.45, 2.75) is 31.0 Å². The molecule has 2 rings (SSSR count). The summed E-state index contributed by atoms with van der Waals surface area (Å²) in [5, 5.41) is 24.5. The number of nitro groups is 1. The lowest BCUT2D eigenvalue weighted by Crippen LogP contribution is -2.45. The molecule has 1 aromatic rings. The third-order valence-electron chi connectivity index (χ3n) is 3.73. The average Bonchev–Trinajstić information content (AvgIpc) is 2.62. The van der Waals surface area contributed by atoms with Crippen molar-refractivity contribution in [3.63, 3.8) is 0 Å². The lowest BCUT2D eigenvalue weighted by Gasteiger charge is -2.29. The number of aryl methyl sites for hydroxylation is 1. The third-order valence-corrected chi connectivity index (χ3v) is 3.73. The average molecular weight is 308 g/mol. The van der Waals surface area contributed by atoms with E-state index in [1.807, 2.05) is 0 Å². The highest BCUT2D eigenvalue weighted by Gasteiger charge is 2.53. The highest BCUT2D eigenvalue weighted by atomic mass is 19.4. The number of aromatic nitrogens is 2. The number of rotatable bonds is 2. The van der Waals surface area contributed by atoms with Crippen molar-refractivity contribution in [1.29, 1.82) is 0 Å². The van der Waals surface area contributed by atoms with Crippen molar-refractivity contribution in [3.05, 3.63) is 16.3 Å². The number of halogens is 3.